The smallest absolute Gasteiger partial charge is 0.416 e. The maximum atomic E-state index is 12.8. The molecule has 0 fully saturated rings. The number of rotatable bonds is 5. The van der Waals surface area contributed by atoms with Crippen LogP contribution in [0, 0.1) is 13.8 Å². The third-order valence-corrected chi connectivity index (χ3v) is 4.12. The fourth-order valence-corrected chi connectivity index (χ4v) is 2.89. The van der Waals surface area contributed by atoms with Gasteiger partial charge in [0.1, 0.15) is 11.8 Å². The molecule has 2 heterocycles. The highest BCUT2D eigenvalue weighted by molar-refractivity contribution is 5.89. The van der Waals surface area contributed by atoms with Gasteiger partial charge in [0.15, 0.2) is 0 Å². The Morgan fingerprint density at radius 2 is 2.00 bits per heavy atom. The van der Waals surface area contributed by atoms with Gasteiger partial charge in [-0.05, 0) is 50.2 Å². The van der Waals surface area contributed by atoms with Gasteiger partial charge in [-0.3, -0.25) is 4.68 Å². The number of carbonyl (C=O) groups excluding carboxylic acids is 1. The van der Waals surface area contributed by atoms with E-state index in [9.17, 15) is 18.0 Å². The molecule has 0 saturated carbocycles. The number of hydrogen-bond donors (Lipinski definition) is 2. The van der Waals surface area contributed by atoms with Crippen LogP contribution in [0.1, 0.15) is 28.8 Å². The molecule has 0 aliphatic carbocycles. The summed E-state index contributed by atoms with van der Waals surface area (Å²) < 4.78 is 45.6. The molecule has 2 aromatic heterocycles. The highest BCUT2D eigenvalue weighted by Gasteiger charge is 2.30. The molecule has 148 valence electrons. The SMILES string of the molecule is Cc1cc(C)n([C@@H](CNC(=O)Nc2cccc(C(F)(F)F)c2)c2ccco2)n1. The van der Waals surface area contributed by atoms with E-state index in [-0.39, 0.29) is 12.2 Å². The number of anilines is 1. The topological polar surface area (TPSA) is 72.1 Å². The number of aromatic nitrogens is 2. The van der Waals surface area contributed by atoms with Crippen molar-refractivity contribution in [2.75, 3.05) is 11.9 Å². The second-order valence-electron chi connectivity index (χ2n) is 6.32. The first kappa shape index (κ1) is 19.5. The number of benzene rings is 1. The average Bonchev–Trinajstić information content (AvgIpc) is 3.25. The van der Waals surface area contributed by atoms with Crippen LogP contribution in [0.5, 0.6) is 0 Å². The van der Waals surface area contributed by atoms with Gasteiger partial charge >= 0.3 is 12.2 Å². The van der Waals surface area contributed by atoms with Crippen LogP contribution in [0.15, 0.2) is 53.1 Å². The van der Waals surface area contributed by atoms with Crippen LogP contribution in [-0.2, 0) is 6.18 Å². The Morgan fingerprint density at radius 1 is 1.21 bits per heavy atom. The number of hydrogen-bond acceptors (Lipinski definition) is 3. The Kier molecular flexibility index (Phi) is 5.43. The van der Waals surface area contributed by atoms with Gasteiger partial charge in [-0.1, -0.05) is 6.07 Å². The van der Waals surface area contributed by atoms with Crippen molar-refractivity contribution in [1.82, 2.24) is 15.1 Å². The van der Waals surface area contributed by atoms with E-state index < -0.39 is 23.8 Å². The van der Waals surface area contributed by atoms with Crippen molar-refractivity contribution in [3.05, 3.63) is 71.4 Å². The van der Waals surface area contributed by atoms with Gasteiger partial charge in [0.25, 0.3) is 0 Å². The lowest BCUT2D eigenvalue weighted by atomic mass is 10.2. The van der Waals surface area contributed by atoms with Crippen LogP contribution < -0.4 is 10.6 Å². The molecule has 0 unspecified atom stereocenters. The third-order valence-electron chi connectivity index (χ3n) is 4.12. The summed E-state index contributed by atoms with van der Waals surface area (Å²) in [7, 11) is 0. The molecule has 2 N–H and O–H groups in total. The van der Waals surface area contributed by atoms with E-state index in [0.717, 1.165) is 23.5 Å². The number of aryl methyl sites for hydroxylation is 2. The first-order chi connectivity index (χ1) is 13.2. The quantitative estimate of drug-likeness (QED) is 0.670. The van der Waals surface area contributed by atoms with Crippen molar-refractivity contribution in [2.45, 2.75) is 26.1 Å². The summed E-state index contributed by atoms with van der Waals surface area (Å²) in [5.41, 5.74) is 0.927. The van der Waals surface area contributed by atoms with E-state index in [1.165, 1.54) is 18.4 Å². The van der Waals surface area contributed by atoms with E-state index in [4.69, 9.17) is 4.42 Å². The summed E-state index contributed by atoms with van der Waals surface area (Å²) in [6, 6.07) is 8.83. The molecule has 1 aromatic carbocycles. The maximum absolute atomic E-state index is 12.8. The number of furan rings is 1. The van der Waals surface area contributed by atoms with Crippen LogP contribution in [0.3, 0.4) is 0 Å². The summed E-state index contributed by atoms with van der Waals surface area (Å²) in [4.78, 5) is 12.2. The van der Waals surface area contributed by atoms with Crippen LogP contribution in [0.2, 0.25) is 0 Å². The average molecular weight is 392 g/mol. The molecule has 9 heteroatoms. The number of nitrogens with one attached hydrogen (secondary N) is 2. The summed E-state index contributed by atoms with van der Waals surface area (Å²) in [6.07, 6.45) is -2.95. The lowest BCUT2D eigenvalue weighted by molar-refractivity contribution is -0.137. The number of urea groups is 1. The Labute approximate surface area is 159 Å². The van der Waals surface area contributed by atoms with Gasteiger partial charge in [-0.25, -0.2) is 4.79 Å². The molecule has 0 radical (unpaired) electrons. The normalized spacial score (nSPS) is 12.6. The fourth-order valence-electron chi connectivity index (χ4n) is 2.89. The number of halogens is 3. The van der Waals surface area contributed by atoms with Crippen molar-refractivity contribution in [3.63, 3.8) is 0 Å². The van der Waals surface area contributed by atoms with Crippen molar-refractivity contribution in [3.8, 4) is 0 Å². The minimum Gasteiger partial charge on any atom is -0.467 e. The number of nitrogens with zero attached hydrogens (tertiary/aromatic N) is 2. The molecular formula is C19H19F3N4O2. The minimum atomic E-state index is -4.48. The molecule has 1 atom stereocenters. The summed E-state index contributed by atoms with van der Waals surface area (Å²) in [6.45, 7) is 3.88. The Balaban J connectivity index is 1.70. The van der Waals surface area contributed by atoms with Gasteiger partial charge in [-0.2, -0.15) is 18.3 Å². The van der Waals surface area contributed by atoms with E-state index in [1.54, 1.807) is 16.8 Å². The molecule has 6 nitrogen and oxygen atoms in total. The van der Waals surface area contributed by atoms with E-state index in [2.05, 4.69) is 15.7 Å². The minimum absolute atomic E-state index is 0.0491. The molecule has 0 saturated heterocycles. The highest BCUT2D eigenvalue weighted by atomic mass is 19.4. The standard InChI is InChI=1S/C19H19F3N4O2/c1-12-9-13(2)26(25-12)16(17-7-4-8-28-17)11-23-18(27)24-15-6-3-5-14(10-15)19(20,21)22/h3-10,16H,11H2,1-2H3,(H2,23,24,27)/t16-/m0/s1. The predicted octanol–water partition coefficient (Wildman–Crippen LogP) is 4.52. The Bertz CT molecular complexity index is 948. The number of amides is 2. The maximum Gasteiger partial charge on any atom is 0.416 e. The number of carbonyl (C=O) groups is 1. The molecule has 3 rings (SSSR count). The first-order valence-corrected chi connectivity index (χ1v) is 8.52. The summed E-state index contributed by atoms with van der Waals surface area (Å²) in [5.74, 6) is 0.602. The van der Waals surface area contributed by atoms with Crippen molar-refractivity contribution in [2.24, 2.45) is 0 Å². The van der Waals surface area contributed by atoms with Gasteiger partial charge in [-0.15, -0.1) is 0 Å². The Morgan fingerprint density at radius 3 is 2.61 bits per heavy atom. The van der Waals surface area contributed by atoms with Crippen molar-refractivity contribution < 1.29 is 22.4 Å². The molecule has 0 aliphatic rings. The molecule has 3 aromatic rings. The van der Waals surface area contributed by atoms with Gasteiger partial charge < -0.3 is 15.1 Å². The predicted molar refractivity (Wildman–Crippen MR) is 97.0 cm³/mol. The second kappa shape index (κ2) is 7.79. The first-order valence-electron chi connectivity index (χ1n) is 8.52. The zero-order valence-electron chi connectivity index (χ0n) is 15.2. The summed E-state index contributed by atoms with van der Waals surface area (Å²) in [5, 5.41) is 9.50. The fraction of sp³-hybridized carbons (Fsp3) is 0.263. The lowest BCUT2D eigenvalue weighted by Crippen LogP contribution is -2.35. The third kappa shape index (κ3) is 4.54. The van der Waals surface area contributed by atoms with Crippen molar-refractivity contribution in [1.29, 1.82) is 0 Å². The highest BCUT2D eigenvalue weighted by Crippen LogP contribution is 2.30. The van der Waals surface area contributed by atoms with Crippen LogP contribution >= 0.6 is 0 Å². The van der Waals surface area contributed by atoms with Crippen LogP contribution in [0.4, 0.5) is 23.7 Å². The van der Waals surface area contributed by atoms with Gasteiger partial charge in [0, 0.05) is 17.9 Å². The molecule has 2 amide bonds. The lowest BCUT2D eigenvalue weighted by Gasteiger charge is -2.18. The van der Waals surface area contributed by atoms with E-state index in [0.29, 0.717) is 5.76 Å². The number of alkyl halides is 3. The molecule has 0 bridgehead atoms. The summed E-state index contributed by atoms with van der Waals surface area (Å²) >= 11 is 0. The van der Waals surface area contributed by atoms with Gasteiger partial charge in [0.2, 0.25) is 0 Å². The molecule has 0 spiro atoms. The monoisotopic (exact) mass is 392 g/mol. The molecule has 0 aliphatic heterocycles. The van der Waals surface area contributed by atoms with E-state index in [1.807, 2.05) is 19.9 Å². The zero-order chi connectivity index (χ0) is 20.3. The Hall–Kier alpha value is -3.23. The molecular weight excluding hydrogens is 373 g/mol. The zero-order valence-corrected chi connectivity index (χ0v) is 15.2. The van der Waals surface area contributed by atoms with Crippen LogP contribution in [-0.4, -0.2) is 22.4 Å². The largest absolute Gasteiger partial charge is 0.467 e. The van der Waals surface area contributed by atoms with Crippen LogP contribution in [0.25, 0.3) is 0 Å². The van der Waals surface area contributed by atoms with Crippen molar-refractivity contribution >= 4 is 11.7 Å². The molecule has 28 heavy (non-hydrogen) atoms. The second-order valence-corrected chi connectivity index (χ2v) is 6.32. The van der Waals surface area contributed by atoms with E-state index >= 15 is 0 Å². The van der Waals surface area contributed by atoms with Gasteiger partial charge in [0.05, 0.1) is 17.5 Å².